The van der Waals surface area contributed by atoms with Crippen LogP contribution in [0.4, 0.5) is 0 Å². The maximum Gasteiger partial charge on any atom is 0.357 e. The molecule has 0 saturated carbocycles. The molecule has 0 aromatic carbocycles. The van der Waals surface area contributed by atoms with Crippen LogP contribution < -0.4 is 10.1 Å². The summed E-state index contributed by atoms with van der Waals surface area (Å²) in [5.41, 5.74) is -0.571. The minimum absolute atomic E-state index is 0.0226. The van der Waals surface area contributed by atoms with Crippen molar-refractivity contribution in [3.8, 4) is 0 Å². The van der Waals surface area contributed by atoms with Crippen LogP contribution in [-0.2, 0) is 33.5 Å². The van der Waals surface area contributed by atoms with E-state index >= 15 is 0 Å². The van der Waals surface area contributed by atoms with E-state index in [1.54, 1.807) is 26.8 Å². The van der Waals surface area contributed by atoms with Gasteiger partial charge in [-0.05, 0) is 33.8 Å². The minimum Gasteiger partial charge on any atom is -0.427 e. The molecule has 1 aromatic rings. The normalized spacial score (nSPS) is 22.2. The van der Waals surface area contributed by atoms with Gasteiger partial charge >= 0.3 is 11.9 Å². The Balaban J connectivity index is 1.67. The molecule has 1 fully saturated rings. The van der Waals surface area contributed by atoms with Gasteiger partial charge in [0, 0.05) is 10.6 Å². The van der Waals surface area contributed by atoms with Gasteiger partial charge in [0.1, 0.15) is 24.2 Å². The van der Waals surface area contributed by atoms with Crippen LogP contribution in [-0.4, -0.2) is 69.9 Å². The highest BCUT2D eigenvalue weighted by atomic mass is 32.2. The summed E-state index contributed by atoms with van der Waals surface area (Å²) in [7, 11) is 1.28. The average molecular weight is 512 g/mol. The van der Waals surface area contributed by atoms with Crippen molar-refractivity contribution in [2.75, 3.05) is 13.9 Å². The molecule has 34 heavy (non-hydrogen) atoms. The van der Waals surface area contributed by atoms with E-state index in [2.05, 4.69) is 15.5 Å². The molecular weight excluding hydrogens is 486 g/mol. The van der Waals surface area contributed by atoms with Crippen LogP contribution in [0.15, 0.2) is 22.3 Å². The molecule has 3 rings (SSSR count). The zero-order chi connectivity index (χ0) is 25.2. The van der Waals surface area contributed by atoms with Crippen molar-refractivity contribution in [3.63, 3.8) is 0 Å². The van der Waals surface area contributed by atoms with Crippen molar-refractivity contribution in [1.29, 1.82) is 5.41 Å². The molecule has 0 spiro atoms. The summed E-state index contributed by atoms with van der Waals surface area (Å²) in [4.78, 5) is 58.9. The number of β-lactam (4-membered cyclic amide) rings is 1. The van der Waals surface area contributed by atoms with Gasteiger partial charge in [-0.15, -0.1) is 23.1 Å². The monoisotopic (exact) mass is 511 g/mol. The fraction of sp³-hybridized carbons (Fsp3) is 0.500. The summed E-state index contributed by atoms with van der Waals surface area (Å²) < 4.78 is 10.00. The number of nitrogens with zero attached hydrogens (tertiary/aromatic N) is 2. The summed E-state index contributed by atoms with van der Waals surface area (Å²) in [6.45, 7) is 6.27. The van der Waals surface area contributed by atoms with Crippen molar-refractivity contribution in [3.05, 3.63) is 27.6 Å². The van der Waals surface area contributed by atoms with Crippen LogP contribution >= 0.6 is 23.1 Å². The van der Waals surface area contributed by atoms with Crippen LogP contribution in [0.5, 0.6) is 0 Å². The maximum absolute atomic E-state index is 12.8. The number of carbonyl (C=O) groups is 4. The number of thioether (sulfide) groups is 1. The number of hydrogen-bond donors (Lipinski definition) is 3. The van der Waals surface area contributed by atoms with Gasteiger partial charge in [0.05, 0.1) is 11.1 Å². The number of hydrogen-bond acceptors (Lipinski definition) is 11. The van der Waals surface area contributed by atoms with Gasteiger partial charge in [0.25, 0.3) is 11.8 Å². The maximum atomic E-state index is 12.8. The lowest BCUT2D eigenvalue weighted by molar-refractivity contribution is -0.173. The van der Waals surface area contributed by atoms with Crippen LogP contribution in [0, 0.1) is 10.8 Å². The molecule has 2 amide bonds. The first-order chi connectivity index (χ1) is 15.9. The Bertz CT molecular complexity index is 1120. The third-order valence-corrected chi connectivity index (χ3v) is 6.75. The second-order valence-corrected chi connectivity index (χ2v) is 10.8. The number of aromatic nitrogens is 1. The van der Waals surface area contributed by atoms with Crippen molar-refractivity contribution < 1.29 is 33.5 Å². The molecule has 2 aliphatic heterocycles. The molecule has 0 aliphatic carbocycles. The van der Waals surface area contributed by atoms with Crippen molar-refractivity contribution in [2.45, 2.75) is 44.4 Å². The second kappa shape index (κ2) is 10.0. The molecule has 1 aromatic heterocycles. The first kappa shape index (κ1) is 25.5. The fourth-order valence-electron chi connectivity index (χ4n) is 3.08. The number of amides is 2. The predicted molar refractivity (Wildman–Crippen MR) is 122 cm³/mol. The zero-order valence-electron chi connectivity index (χ0n) is 19.2. The highest BCUT2D eigenvalue weighted by Crippen LogP contribution is 2.41. The molecule has 0 radical (unpaired) electrons. The van der Waals surface area contributed by atoms with Crippen LogP contribution in [0.1, 0.15) is 33.4 Å². The molecule has 3 heterocycles. The number of rotatable bonds is 7. The summed E-state index contributed by atoms with van der Waals surface area (Å²) in [5, 5.41) is 14.8. The molecule has 14 heteroatoms. The predicted octanol–water partition coefficient (Wildman–Crippen LogP) is 0.668. The standard InChI is InChI=1S/C20H25N5O7S2/c1-9-6-11(17(28)31-8-32-18(29)20(2,3)4)25-15(27)13(16(25)34-9)23-14(26)12(24-30-5)10-7-33-19(21)22-10/h6-7,9,13,16H,8H2,1-5H3,(H2,21,22)(H,23,26)/b24-12+/t9?,13?,16-/m1/s1. The molecule has 184 valence electrons. The Morgan fingerprint density at radius 1 is 1.29 bits per heavy atom. The summed E-state index contributed by atoms with van der Waals surface area (Å²) in [6, 6.07) is -0.911. The molecular formula is C20H25N5O7S2. The largest absolute Gasteiger partial charge is 0.427 e. The molecule has 3 N–H and O–H groups in total. The Kier molecular flexibility index (Phi) is 7.51. The van der Waals surface area contributed by atoms with E-state index in [1.807, 2.05) is 6.92 Å². The number of aromatic amines is 1. The lowest BCUT2D eigenvalue weighted by atomic mass is 9.98. The summed E-state index contributed by atoms with van der Waals surface area (Å²) in [5.74, 6) is -2.51. The van der Waals surface area contributed by atoms with Crippen molar-refractivity contribution >= 4 is 52.6 Å². The van der Waals surface area contributed by atoms with Gasteiger partial charge in [-0.25, -0.2) is 4.79 Å². The second-order valence-electron chi connectivity index (χ2n) is 8.40. The van der Waals surface area contributed by atoms with Gasteiger partial charge < -0.3 is 24.6 Å². The number of nitrogens with one attached hydrogen (secondary N) is 3. The van der Waals surface area contributed by atoms with E-state index in [4.69, 9.17) is 19.7 Å². The number of thiazole rings is 1. The number of oxime groups is 1. The Morgan fingerprint density at radius 3 is 2.59 bits per heavy atom. The Morgan fingerprint density at radius 2 is 2.00 bits per heavy atom. The van der Waals surface area contributed by atoms with Gasteiger partial charge in [-0.3, -0.25) is 24.7 Å². The number of fused-ring (bicyclic) bond motifs is 1. The number of H-pyrrole nitrogens is 1. The van der Waals surface area contributed by atoms with Crippen molar-refractivity contribution in [1.82, 2.24) is 15.2 Å². The summed E-state index contributed by atoms with van der Waals surface area (Å²) in [6.07, 6.45) is 1.58. The smallest absolute Gasteiger partial charge is 0.357 e. The quantitative estimate of drug-likeness (QED) is 0.158. The van der Waals surface area contributed by atoms with E-state index in [0.717, 1.165) is 11.3 Å². The zero-order valence-corrected chi connectivity index (χ0v) is 20.8. The first-order valence-corrected chi connectivity index (χ1v) is 12.0. The molecule has 3 atom stereocenters. The van der Waals surface area contributed by atoms with E-state index < -0.39 is 47.4 Å². The molecule has 1 saturated heterocycles. The molecule has 0 bridgehead atoms. The van der Waals surface area contributed by atoms with Gasteiger partial charge in [0.15, 0.2) is 10.5 Å². The number of esters is 2. The van der Waals surface area contributed by atoms with Gasteiger partial charge in [-0.2, -0.15) is 0 Å². The minimum atomic E-state index is -0.911. The highest BCUT2D eigenvalue weighted by Gasteiger charge is 2.54. The first-order valence-electron chi connectivity index (χ1n) is 10.1. The lowest BCUT2D eigenvalue weighted by Crippen LogP contribution is -2.71. The van der Waals surface area contributed by atoms with E-state index in [9.17, 15) is 19.2 Å². The molecule has 12 nitrogen and oxygen atoms in total. The average Bonchev–Trinajstić information content (AvgIpc) is 3.19. The Hall–Kier alpha value is -3.13. The van der Waals surface area contributed by atoms with Crippen LogP contribution in [0.3, 0.4) is 0 Å². The van der Waals surface area contributed by atoms with E-state index in [0.29, 0.717) is 0 Å². The van der Waals surface area contributed by atoms with E-state index in [-0.39, 0.29) is 27.2 Å². The highest BCUT2D eigenvalue weighted by molar-refractivity contribution is 8.00. The number of carbonyl (C=O) groups excluding carboxylic acids is 4. The van der Waals surface area contributed by atoms with Gasteiger partial charge in [-0.1, -0.05) is 5.16 Å². The SMILES string of the molecule is CO/N=C(/C(=O)NC1C(=O)N2C(C(=O)OCOC(=O)C(C)(C)C)=CC(C)S[C@H]12)c1csc(=N)[nH]1. The topological polar surface area (TPSA) is 163 Å². The third kappa shape index (κ3) is 5.33. The van der Waals surface area contributed by atoms with E-state index in [1.165, 1.54) is 29.2 Å². The molecule has 2 unspecified atom stereocenters. The van der Waals surface area contributed by atoms with Crippen LogP contribution in [0.25, 0.3) is 0 Å². The van der Waals surface area contributed by atoms with Gasteiger partial charge in [0.2, 0.25) is 6.79 Å². The molecule has 2 aliphatic rings. The number of ether oxygens (including phenoxy) is 2. The Labute approximate surface area is 203 Å². The third-order valence-electron chi connectivity index (χ3n) is 4.73. The fourth-order valence-corrected chi connectivity index (χ4v) is 4.98. The lowest BCUT2D eigenvalue weighted by Gasteiger charge is -2.49. The summed E-state index contributed by atoms with van der Waals surface area (Å²) >= 11 is 2.45. The van der Waals surface area contributed by atoms with Crippen LogP contribution in [0.2, 0.25) is 0 Å². The van der Waals surface area contributed by atoms with Crippen molar-refractivity contribution in [2.24, 2.45) is 10.6 Å².